The maximum absolute atomic E-state index is 10.6. The number of hydrogen-bond acceptors (Lipinski definition) is 3. The molecule has 2 N–H and O–H groups in total. The molecule has 4 nitrogen and oxygen atoms in total. The third-order valence-electron chi connectivity index (χ3n) is 3.63. The largest absolute Gasteiger partial charge is 0.481 e. The molecule has 1 fully saturated rings. The van der Waals surface area contributed by atoms with Crippen LogP contribution < -0.4 is 5.32 Å². The maximum atomic E-state index is 10.6. The number of likely N-dealkylation sites (tertiary alicyclic amines) is 1. The van der Waals surface area contributed by atoms with Crippen molar-refractivity contribution in [3.05, 3.63) is 35.4 Å². The Bertz CT molecular complexity index is 417. The number of nitrogens with one attached hydrogen (secondary N) is 1. The maximum Gasteiger partial charge on any atom is 0.307 e. The highest BCUT2D eigenvalue weighted by Gasteiger charge is 2.18. The Labute approximate surface area is 114 Å². The fourth-order valence-corrected chi connectivity index (χ4v) is 2.56. The summed E-state index contributed by atoms with van der Waals surface area (Å²) in [5.41, 5.74) is 2.06. The van der Waals surface area contributed by atoms with Gasteiger partial charge in [-0.05, 0) is 43.6 Å². The number of carboxylic acids is 1. The molecule has 1 aromatic carbocycles. The predicted molar refractivity (Wildman–Crippen MR) is 75.1 cm³/mol. The van der Waals surface area contributed by atoms with Crippen molar-refractivity contribution in [3.63, 3.8) is 0 Å². The van der Waals surface area contributed by atoms with Crippen LogP contribution in [-0.4, -0.2) is 42.7 Å². The van der Waals surface area contributed by atoms with Crippen LogP contribution in [0.4, 0.5) is 0 Å². The fourth-order valence-electron chi connectivity index (χ4n) is 2.56. The van der Waals surface area contributed by atoms with Gasteiger partial charge in [-0.15, -0.1) is 0 Å². The van der Waals surface area contributed by atoms with Gasteiger partial charge in [-0.2, -0.15) is 0 Å². The quantitative estimate of drug-likeness (QED) is 0.812. The molecule has 1 aromatic rings. The van der Waals surface area contributed by atoms with Gasteiger partial charge in [-0.3, -0.25) is 4.79 Å². The van der Waals surface area contributed by atoms with Crippen molar-refractivity contribution in [1.82, 2.24) is 10.2 Å². The zero-order valence-electron chi connectivity index (χ0n) is 11.4. The first kappa shape index (κ1) is 14.0. The van der Waals surface area contributed by atoms with Crippen LogP contribution in [0.3, 0.4) is 0 Å². The highest BCUT2D eigenvalue weighted by atomic mass is 16.4. The van der Waals surface area contributed by atoms with Gasteiger partial charge in [-0.1, -0.05) is 24.3 Å². The Hall–Kier alpha value is -1.39. The Morgan fingerprint density at radius 1 is 1.37 bits per heavy atom. The second-order valence-corrected chi connectivity index (χ2v) is 5.43. The molecule has 0 saturated carbocycles. The number of carboxylic acid groups (broad SMARTS) is 1. The van der Waals surface area contributed by atoms with Crippen LogP contribution in [-0.2, 0) is 17.8 Å². The van der Waals surface area contributed by atoms with Crippen LogP contribution in [0.2, 0.25) is 0 Å². The van der Waals surface area contributed by atoms with Gasteiger partial charge in [0, 0.05) is 13.1 Å². The molecule has 1 aliphatic rings. The minimum absolute atomic E-state index is 0.0993. The molecule has 4 heteroatoms. The van der Waals surface area contributed by atoms with Crippen molar-refractivity contribution in [3.8, 4) is 0 Å². The van der Waals surface area contributed by atoms with Gasteiger partial charge in [0.1, 0.15) is 0 Å². The van der Waals surface area contributed by atoms with E-state index in [9.17, 15) is 4.79 Å². The van der Waals surface area contributed by atoms with Crippen molar-refractivity contribution in [2.45, 2.75) is 19.4 Å². The lowest BCUT2D eigenvalue weighted by molar-refractivity contribution is -0.136. The Morgan fingerprint density at radius 2 is 2.05 bits per heavy atom. The van der Waals surface area contributed by atoms with Gasteiger partial charge in [-0.25, -0.2) is 0 Å². The highest BCUT2D eigenvalue weighted by Crippen LogP contribution is 2.13. The monoisotopic (exact) mass is 262 g/mol. The van der Waals surface area contributed by atoms with Crippen molar-refractivity contribution in [2.24, 2.45) is 5.92 Å². The molecule has 1 unspecified atom stereocenters. The summed E-state index contributed by atoms with van der Waals surface area (Å²) in [6.07, 6.45) is 1.38. The van der Waals surface area contributed by atoms with Gasteiger partial charge < -0.3 is 15.3 Å². The molecule has 0 amide bonds. The van der Waals surface area contributed by atoms with E-state index < -0.39 is 5.97 Å². The van der Waals surface area contributed by atoms with E-state index in [1.807, 2.05) is 24.3 Å². The van der Waals surface area contributed by atoms with Gasteiger partial charge in [0.25, 0.3) is 0 Å². The molecular formula is C15H22N2O2. The summed E-state index contributed by atoms with van der Waals surface area (Å²) >= 11 is 0. The first-order valence-electron chi connectivity index (χ1n) is 6.82. The van der Waals surface area contributed by atoms with Gasteiger partial charge in [0.2, 0.25) is 0 Å². The van der Waals surface area contributed by atoms with Gasteiger partial charge in [0.15, 0.2) is 0 Å². The fraction of sp³-hybridized carbons (Fsp3) is 0.533. The summed E-state index contributed by atoms with van der Waals surface area (Å²) in [6.45, 7) is 4.30. The van der Waals surface area contributed by atoms with Crippen molar-refractivity contribution < 1.29 is 9.90 Å². The molecule has 19 heavy (non-hydrogen) atoms. The smallest absolute Gasteiger partial charge is 0.307 e. The van der Waals surface area contributed by atoms with E-state index in [0.29, 0.717) is 0 Å². The molecule has 0 radical (unpaired) electrons. The molecule has 1 aliphatic heterocycles. The number of benzene rings is 1. The Morgan fingerprint density at radius 3 is 2.63 bits per heavy atom. The molecule has 104 valence electrons. The lowest BCUT2D eigenvalue weighted by atomic mass is 10.1. The van der Waals surface area contributed by atoms with E-state index in [-0.39, 0.29) is 6.42 Å². The van der Waals surface area contributed by atoms with Crippen LogP contribution >= 0.6 is 0 Å². The SMILES string of the molecule is CN1CCC(CNCc2ccc(CC(=O)O)cc2)C1. The van der Waals surface area contributed by atoms with Crippen LogP contribution in [0.25, 0.3) is 0 Å². The molecule has 0 spiro atoms. The summed E-state index contributed by atoms with van der Waals surface area (Å²) in [7, 11) is 2.17. The highest BCUT2D eigenvalue weighted by molar-refractivity contribution is 5.70. The summed E-state index contributed by atoms with van der Waals surface area (Å²) in [6, 6.07) is 7.81. The average Bonchev–Trinajstić information content (AvgIpc) is 2.77. The van der Waals surface area contributed by atoms with E-state index in [4.69, 9.17) is 5.11 Å². The molecule has 1 heterocycles. The second-order valence-electron chi connectivity index (χ2n) is 5.43. The summed E-state index contributed by atoms with van der Waals surface area (Å²) in [4.78, 5) is 13.0. The van der Waals surface area contributed by atoms with E-state index in [1.54, 1.807) is 0 Å². The van der Waals surface area contributed by atoms with E-state index in [1.165, 1.54) is 25.1 Å². The van der Waals surface area contributed by atoms with Crippen LogP contribution in [0.5, 0.6) is 0 Å². The van der Waals surface area contributed by atoms with Crippen LogP contribution in [0, 0.1) is 5.92 Å². The second kappa shape index (κ2) is 6.68. The third-order valence-corrected chi connectivity index (χ3v) is 3.63. The van der Waals surface area contributed by atoms with Crippen LogP contribution in [0.15, 0.2) is 24.3 Å². The minimum atomic E-state index is -0.781. The first-order chi connectivity index (χ1) is 9.13. The molecule has 0 aromatic heterocycles. The molecule has 0 bridgehead atoms. The lowest BCUT2D eigenvalue weighted by Gasteiger charge is -2.11. The Kier molecular flexibility index (Phi) is 4.93. The lowest BCUT2D eigenvalue weighted by Crippen LogP contribution is -2.24. The molecular weight excluding hydrogens is 240 g/mol. The third kappa shape index (κ3) is 4.65. The average molecular weight is 262 g/mol. The minimum Gasteiger partial charge on any atom is -0.481 e. The van der Waals surface area contributed by atoms with E-state index in [0.717, 1.165) is 24.6 Å². The normalized spacial score (nSPS) is 19.7. The van der Waals surface area contributed by atoms with Crippen molar-refractivity contribution in [2.75, 3.05) is 26.7 Å². The van der Waals surface area contributed by atoms with Crippen molar-refractivity contribution in [1.29, 1.82) is 0 Å². The summed E-state index contributed by atoms with van der Waals surface area (Å²) < 4.78 is 0. The first-order valence-corrected chi connectivity index (χ1v) is 6.82. The molecule has 1 saturated heterocycles. The predicted octanol–water partition coefficient (Wildman–Crippen LogP) is 1.35. The van der Waals surface area contributed by atoms with Crippen molar-refractivity contribution >= 4 is 5.97 Å². The molecule has 2 rings (SSSR count). The number of rotatable bonds is 6. The van der Waals surface area contributed by atoms with E-state index in [2.05, 4.69) is 17.3 Å². The summed E-state index contributed by atoms with van der Waals surface area (Å²) in [5, 5.41) is 12.2. The standard InChI is InChI=1S/C15H22N2O2/c1-17-7-6-14(11-17)10-16-9-13-4-2-12(3-5-13)8-15(18)19/h2-5,14,16H,6-11H2,1H3,(H,18,19). The zero-order valence-corrected chi connectivity index (χ0v) is 11.4. The van der Waals surface area contributed by atoms with Gasteiger partial charge >= 0.3 is 5.97 Å². The summed E-state index contributed by atoms with van der Waals surface area (Å²) in [5.74, 6) is -0.0208. The number of hydrogen-bond donors (Lipinski definition) is 2. The topological polar surface area (TPSA) is 52.6 Å². The molecule has 0 aliphatic carbocycles. The van der Waals surface area contributed by atoms with Crippen LogP contribution in [0.1, 0.15) is 17.5 Å². The number of carbonyl (C=O) groups is 1. The van der Waals surface area contributed by atoms with E-state index >= 15 is 0 Å². The zero-order chi connectivity index (χ0) is 13.7. The Balaban J connectivity index is 1.72. The molecule has 1 atom stereocenters. The van der Waals surface area contributed by atoms with Gasteiger partial charge in [0.05, 0.1) is 6.42 Å². The number of nitrogens with zero attached hydrogens (tertiary/aromatic N) is 1. The number of aliphatic carboxylic acids is 1.